The zero-order chi connectivity index (χ0) is 22.3. The Morgan fingerprint density at radius 1 is 0.938 bits per heavy atom. The predicted molar refractivity (Wildman–Crippen MR) is 129 cm³/mol. The van der Waals surface area contributed by atoms with Gasteiger partial charge in [-0.25, -0.2) is 4.90 Å². The highest BCUT2D eigenvalue weighted by Gasteiger charge is 2.43. The van der Waals surface area contributed by atoms with Crippen LogP contribution in [0.25, 0.3) is 6.08 Å². The molecule has 2 amide bonds. The number of aryl methyl sites for hydroxylation is 1. The second-order valence-corrected chi connectivity index (χ2v) is 8.71. The molecule has 2 heterocycles. The van der Waals surface area contributed by atoms with E-state index >= 15 is 0 Å². The Morgan fingerprint density at radius 2 is 1.66 bits per heavy atom. The van der Waals surface area contributed by atoms with Crippen LogP contribution in [0.4, 0.5) is 5.69 Å². The summed E-state index contributed by atoms with van der Waals surface area (Å²) in [4.78, 5) is 31.8. The minimum Gasteiger partial charge on any atom is -0.297 e. The van der Waals surface area contributed by atoms with E-state index in [-0.39, 0.29) is 24.3 Å². The van der Waals surface area contributed by atoms with Gasteiger partial charge >= 0.3 is 0 Å². The Bertz CT molecular complexity index is 931. The fourth-order valence-electron chi connectivity index (χ4n) is 4.52. The third-order valence-corrected chi connectivity index (χ3v) is 6.46. The van der Waals surface area contributed by atoms with E-state index in [0.29, 0.717) is 5.69 Å². The van der Waals surface area contributed by atoms with Crippen LogP contribution >= 0.6 is 0 Å². The average Bonchev–Trinajstić information content (AvgIpc) is 3.13. The van der Waals surface area contributed by atoms with Crippen LogP contribution in [0.15, 0.2) is 60.7 Å². The standard InChI is InChI=1S/C27H33N3O2/c1-2-3-8-23-12-14-24(15-13-23)30-26(31)21-25(27(30)32)29-19-17-28(18-20-29)16-7-11-22-9-5-4-6-10-22/h4-7,9-15,25H,2-3,8,16-21H2,1H3/b11-7+/t25-/m1/s1. The predicted octanol–water partition coefficient (Wildman–Crippen LogP) is 3.99. The van der Waals surface area contributed by atoms with Crippen LogP contribution in [0.2, 0.25) is 0 Å². The van der Waals surface area contributed by atoms with Crippen LogP contribution < -0.4 is 4.90 Å². The molecule has 2 aromatic rings. The van der Waals surface area contributed by atoms with Gasteiger partial charge in [-0.05, 0) is 36.1 Å². The third-order valence-electron chi connectivity index (χ3n) is 6.46. The van der Waals surface area contributed by atoms with Gasteiger partial charge in [-0.15, -0.1) is 0 Å². The molecule has 5 nitrogen and oxygen atoms in total. The van der Waals surface area contributed by atoms with Gasteiger partial charge in [-0.2, -0.15) is 0 Å². The summed E-state index contributed by atoms with van der Waals surface area (Å²) >= 11 is 0. The monoisotopic (exact) mass is 431 g/mol. The van der Waals surface area contributed by atoms with Gasteiger partial charge in [0.15, 0.2) is 0 Å². The summed E-state index contributed by atoms with van der Waals surface area (Å²) in [5.74, 6) is -0.164. The summed E-state index contributed by atoms with van der Waals surface area (Å²) in [7, 11) is 0. The molecule has 2 saturated heterocycles. The fourth-order valence-corrected chi connectivity index (χ4v) is 4.52. The molecule has 0 saturated carbocycles. The zero-order valence-electron chi connectivity index (χ0n) is 19.0. The summed E-state index contributed by atoms with van der Waals surface area (Å²) in [6, 6.07) is 17.9. The normalized spacial score (nSPS) is 20.5. The second kappa shape index (κ2) is 10.7. The number of amides is 2. The molecule has 2 aromatic carbocycles. The van der Waals surface area contributed by atoms with Crippen molar-refractivity contribution in [3.05, 3.63) is 71.8 Å². The van der Waals surface area contributed by atoms with Crippen LogP contribution in [-0.4, -0.2) is 60.4 Å². The highest BCUT2D eigenvalue weighted by Crippen LogP contribution is 2.27. The number of unbranched alkanes of at least 4 members (excludes halogenated alkanes) is 1. The molecule has 0 bridgehead atoms. The van der Waals surface area contributed by atoms with E-state index in [1.165, 1.54) is 16.0 Å². The van der Waals surface area contributed by atoms with Crippen molar-refractivity contribution in [1.82, 2.24) is 9.80 Å². The molecule has 0 aliphatic carbocycles. The highest BCUT2D eigenvalue weighted by atomic mass is 16.2. The number of anilines is 1. The Balaban J connectivity index is 1.30. The Hall–Kier alpha value is -2.76. The van der Waals surface area contributed by atoms with Gasteiger partial charge in [0.25, 0.3) is 5.91 Å². The Morgan fingerprint density at radius 3 is 2.34 bits per heavy atom. The topological polar surface area (TPSA) is 43.9 Å². The summed E-state index contributed by atoms with van der Waals surface area (Å²) in [5, 5.41) is 0. The number of hydrogen-bond donors (Lipinski definition) is 0. The Kier molecular flexibility index (Phi) is 7.51. The highest BCUT2D eigenvalue weighted by molar-refractivity contribution is 6.22. The number of imide groups is 1. The third kappa shape index (κ3) is 5.34. The first-order chi connectivity index (χ1) is 15.7. The van der Waals surface area contributed by atoms with Crippen molar-refractivity contribution in [2.45, 2.75) is 38.6 Å². The van der Waals surface area contributed by atoms with Gasteiger partial charge in [0, 0.05) is 32.7 Å². The van der Waals surface area contributed by atoms with Gasteiger partial charge < -0.3 is 0 Å². The van der Waals surface area contributed by atoms with E-state index in [4.69, 9.17) is 0 Å². The molecule has 2 aliphatic rings. The molecule has 1 atom stereocenters. The lowest BCUT2D eigenvalue weighted by molar-refractivity contribution is -0.123. The minimum absolute atomic E-state index is 0.0752. The first-order valence-corrected chi connectivity index (χ1v) is 11.8. The molecule has 4 rings (SSSR count). The molecule has 32 heavy (non-hydrogen) atoms. The molecule has 2 aliphatic heterocycles. The molecule has 0 spiro atoms. The van der Waals surface area contributed by atoms with Crippen LogP contribution in [0.5, 0.6) is 0 Å². The summed E-state index contributed by atoms with van der Waals surface area (Å²) in [6.45, 7) is 6.51. The van der Waals surface area contributed by atoms with E-state index in [1.807, 2.05) is 42.5 Å². The summed E-state index contributed by atoms with van der Waals surface area (Å²) in [5.41, 5.74) is 3.16. The molecule has 5 heteroatoms. The number of nitrogens with zero attached hydrogens (tertiary/aromatic N) is 3. The van der Waals surface area contributed by atoms with Crippen LogP contribution in [-0.2, 0) is 16.0 Å². The average molecular weight is 432 g/mol. The molecule has 168 valence electrons. The lowest BCUT2D eigenvalue weighted by Gasteiger charge is -2.36. The van der Waals surface area contributed by atoms with Crippen molar-refractivity contribution in [3.63, 3.8) is 0 Å². The number of benzene rings is 2. The SMILES string of the molecule is CCCCc1ccc(N2C(=O)C[C@@H](N3CCN(C/C=C/c4ccccc4)CC3)C2=O)cc1. The van der Waals surface area contributed by atoms with E-state index in [2.05, 4.69) is 41.0 Å². The first kappa shape index (κ1) is 22.4. The number of rotatable bonds is 8. The minimum atomic E-state index is -0.329. The van der Waals surface area contributed by atoms with Gasteiger partial charge in [-0.1, -0.05) is 68.0 Å². The van der Waals surface area contributed by atoms with Crippen molar-refractivity contribution >= 4 is 23.6 Å². The molecule has 2 fully saturated rings. The number of piperazine rings is 1. The zero-order valence-corrected chi connectivity index (χ0v) is 19.0. The molecule has 0 unspecified atom stereocenters. The van der Waals surface area contributed by atoms with Gasteiger partial charge in [-0.3, -0.25) is 19.4 Å². The number of carbonyl (C=O) groups is 2. The van der Waals surface area contributed by atoms with Crippen LogP contribution in [0.1, 0.15) is 37.3 Å². The fraction of sp³-hybridized carbons (Fsp3) is 0.407. The lowest BCUT2D eigenvalue weighted by atomic mass is 10.1. The van der Waals surface area contributed by atoms with Gasteiger partial charge in [0.2, 0.25) is 5.91 Å². The van der Waals surface area contributed by atoms with Gasteiger partial charge in [0.1, 0.15) is 0 Å². The van der Waals surface area contributed by atoms with E-state index < -0.39 is 0 Å². The van der Waals surface area contributed by atoms with Crippen molar-refractivity contribution < 1.29 is 9.59 Å². The molecule has 0 radical (unpaired) electrons. The maximum absolute atomic E-state index is 13.1. The molecular formula is C27H33N3O2. The largest absolute Gasteiger partial charge is 0.297 e. The van der Waals surface area contributed by atoms with E-state index in [0.717, 1.165) is 52.0 Å². The smallest absolute Gasteiger partial charge is 0.251 e. The van der Waals surface area contributed by atoms with E-state index in [9.17, 15) is 9.59 Å². The molecule has 0 N–H and O–H groups in total. The van der Waals surface area contributed by atoms with Crippen LogP contribution in [0, 0.1) is 0 Å². The number of carbonyl (C=O) groups excluding carboxylic acids is 2. The maximum Gasteiger partial charge on any atom is 0.251 e. The van der Waals surface area contributed by atoms with Crippen LogP contribution in [0.3, 0.4) is 0 Å². The second-order valence-electron chi connectivity index (χ2n) is 8.71. The first-order valence-electron chi connectivity index (χ1n) is 11.8. The van der Waals surface area contributed by atoms with Crippen molar-refractivity contribution in [3.8, 4) is 0 Å². The van der Waals surface area contributed by atoms with Crippen molar-refractivity contribution in [2.24, 2.45) is 0 Å². The molecule has 0 aromatic heterocycles. The lowest BCUT2D eigenvalue weighted by Crippen LogP contribution is -2.52. The summed E-state index contributed by atoms with van der Waals surface area (Å²) in [6.07, 6.45) is 7.97. The number of hydrogen-bond acceptors (Lipinski definition) is 4. The quantitative estimate of drug-likeness (QED) is 0.593. The van der Waals surface area contributed by atoms with Crippen molar-refractivity contribution in [2.75, 3.05) is 37.6 Å². The Labute approximate surface area is 191 Å². The van der Waals surface area contributed by atoms with Gasteiger partial charge in [0.05, 0.1) is 18.2 Å². The van der Waals surface area contributed by atoms with E-state index in [1.54, 1.807) is 0 Å². The van der Waals surface area contributed by atoms with Crippen molar-refractivity contribution in [1.29, 1.82) is 0 Å². The molecular weight excluding hydrogens is 398 g/mol. The maximum atomic E-state index is 13.1. The summed E-state index contributed by atoms with van der Waals surface area (Å²) < 4.78 is 0.